The SMILES string of the molecule is Cc1ccc(NC(=O)Nc2ccc(N(CCCl)CCCl)cc2)cc1. The Labute approximate surface area is 152 Å². The van der Waals surface area contributed by atoms with E-state index < -0.39 is 0 Å². The van der Waals surface area contributed by atoms with Gasteiger partial charge in [0.05, 0.1) is 0 Å². The Hall–Kier alpha value is -1.91. The number of halogens is 2. The van der Waals surface area contributed by atoms with Gasteiger partial charge in [-0.3, -0.25) is 0 Å². The third-order valence-corrected chi connectivity index (χ3v) is 3.85. The molecule has 24 heavy (non-hydrogen) atoms. The summed E-state index contributed by atoms with van der Waals surface area (Å²) in [6, 6.07) is 15.0. The van der Waals surface area contributed by atoms with Gasteiger partial charge in [0.25, 0.3) is 0 Å². The number of urea groups is 1. The Morgan fingerprint density at radius 3 is 1.79 bits per heavy atom. The van der Waals surface area contributed by atoms with Gasteiger partial charge in [-0.05, 0) is 43.3 Å². The Morgan fingerprint density at radius 2 is 1.33 bits per heavy atom. The molecule has 6 heteroatoms. The molecule has 2 rings (SSSR count). The van der Waals surface area contributed by atoms with Gasteiger partial charge in [-0.25, -0.2) is 4.79 Å². The highest BCUT2D eigenvalue weighted by Gasteiger charge is 2.07. The summed E-state index contributed by atoms with van der Waals surface area (Å²) in [5.74, 6) is 1.08. The molecule has 2 amide bonds. The van der Waals surface area contributed by atoms with Crippen LogP contribution in [0.1, 0.15) is 5.56 Å². The van der Waals surface area contributed by atoms with Gasteiger partial charge in [-0.15, -0.1) is 23.2 Å². The third kappa shape index (κ3) is 5.62. The fourth-order valence-electron chi connectivity index (χ4n) is 2.26. The number of anilines is 3. The second kappa shape index (κ2) is 9.40. The molecular weight excluding hydrogens is 345 g/mol. The minimum atomic E-state index is -0.273. The summed E-state index contributed by atoms with van der Waals surface area (Å²) in [4.78, 5) is 14.1. The van der Waals surface area contributed by atoms with Crippen molar-refractivity contribution in [1.29, 1.82) is 0 Å². The van der Waals surface area contributed by atoms with Gasteiger partial charge in [0.15, 0.2) is 0 Å². The lowest BCUT2D eigenvalue weighted by molar-refractivity contribution is 0.262. The molecule has 2 aromatic rings. The lowest BCUT2D eigenvalue weighted by Crippen LogP contribution is -2.27. The summed E-state index contributed by atoms with van der Waals surface area (Å²) >= 11 is 11.6. The average Bonchev–Trinajstić information content (AvgIpc) is 2.57. The number of alkyl halides is 2. The van der Waals surface area contributed by atoms with Crippen LogP contribution in [0.4, 0.5) is 21.9 Å². The molecule has 0 fully saturated rings. The first kappa shape index (κ1) is 18.4. The number of carbonyl (C=O) groups is 1. The predicted molar refractivity (Wildman–Crippen MR) is 104 cm³/mol. The van der Waals surface area contributed by atoms with E-state index >= 15 is 0 Å². The number of nitrogens with zero attached hydrogens (tertiary/aromatic N) is 1. The Balaban J connectivity index is 1.95. The first-order valence-corrected chi connectivity index (χ1v) is 8.81. The molecule has 2 N–H and O–H groups in total. The molecule has 0 radical (unpaired) electrons. The fourth-order valence-corrected chi connectivity index (χ4v) is 2.67. The van der Waals surface area contributed by atoms with Gasteiger partial charge in [-0.2, -0.15) is 0 Å². The number of carbonyl (C=O) groups excluding carboxylic acids is 1. The maximum absolute atomic E-state index is 12.0. The minimum Gasteiger partial charge on any atom is -0.369 e. The normalized spacial score (nSPS) is 10.3. The summed E-state index contributed by atoms with van der Waals surface area (Å²) < 4.78 is 0. The van der Waals surface area contributed by atoms with Crippen LogP contribution in [0.2, 0.25) is 0 Å². The number of benzene rings is 2. The summed E-state index contributed by atoms with van der Waals surface area (Å²) in [7, 11) is 0. The molecule has 4 nitrogen and oxygen atoms in total. The second-order valence-electron chi connectivity index (χ2n) is 5.36. The topological polar surface area (TPSA) is 44.4 Å². The molecule has 0 aliphatic heterocycles. The van der Waals surface area contributed by atoms with Crippen molar-refractivity contribution >= 4 is 46.3 Å². The molecule has 0 heterocycles. The molecule has 0 saturated heterocycles. The largest absolute Gasteiger partial charge is 0.369 e. The monoisotopic (exact) mass is 365 g/mol. The highest BCUT2D eigenvalue weighted by Crippen LogP contribution is 2.18. The molecule has 0 spiro atoms. The van der Waals surface area contributed by atoms with Crippen LogP contribution in [0.3, 0.4) is 0 Å². The highest BCUT2D eigenvalue weighted by atomic mass is 35.5. The van der Waals surface area contributed by atoms with Gasteiger partial charge in [0, 0.05) is 41.9 Å². The number of hydrogen-bond acceptors (Lipinski definition) is 2. The van der Waals surface area contributed by atoms with Crippen molar-refractivity contribution in [3.63, 3.8) is 0 Å². The lowest BCUT2D eigenvalue weighted by Gasteiger charge is -2.23. The Bertz CT molecular complexity index is 638. The molecule has 0 aromatic heterocycles. The van der Waals surface area contributed by atoms with Gasteiger partial charge >= 0.3 is 6.03 Å². The first-order valence-electron chi connectivity index (χ1n) is 7.74. The van der Waals surface area contributed by atoms with Crippen LogP contribution in [0.15, 0.2) is 48.5 Å². The van der Waals surface area contributed by atoms with Crippen molar-refractivity contribution < 1.29 is 4.79 Å². The van der Waals surface area contributed by atoms with Crippen LogP contribution in [-0.2, 0) is 0 Å². The van der Waals surface area contributed by atoms with Gasteiger partial charge in [-0.1, -0.05) is 17.7 Å². The second-order valence-corrected chi connectivity index (χ2v) is 6.11. The van der Waals surface area contributed by atoms with Crippen molar-refractivity contribution in [3.05, 3.63) is 54.1 Å². The van der Waals surface area contributed by atoms with E-state index in [1.165, 1.54) is 0 Å². The summed E-state index contributed by atoms with van der Waals surface area (Å²) in [5.41, 5.74) is 3.65. The molecule has 0 bridgehead atoms. The molecule has 0 saturated carbocycles. The fraction of sp³-hybridized carbons (Fsp3) is 0.278. The van der Waals surface area contributed by atoms with E-state index in [1.54, 1.807) is 0 Å². The highest BCUT2D eigenvalue weighted by molar-refractivity contribution is 6.18. The first-order chi connectivity index (χ1) is 11.6. The number of rotatable bonds is 7. The van der Waals surface area contributed by atoms with Crippen LogP contribution >= 0.6 is 23.2 Å². The van der Waals surface area contributed by atoms with E-state index in [1.807, 2.05) is 55.5 Å². The summed E-state index contributed by atoms with van der Waals surface area (Å²) in [6.45, 7) is 3.47. The van der Waals surface area contributed by atoms with E-state index in [4.69, 9.17) is 23.2 Å². The minimum absolute atomic E-state index is 0.273. The Morgan fingerprint density at radius 1 is 0.875 bits per heavy atom. The zero-order chi connectivity index (χ0) is 17.4. The van der Waals surface area contributed by atoms with Crippen molar-refractivity contribution in [1.82, 2.24) is 0 Å². The standard InChI is InChI=1S/C18H21Cl2N3O/c1-14-2-4-15(5-3-14)21-18(24)22-16-6-8-17(9-7-16)23(12-10-19)13-11-20/h2-9H,10-13H2,1H3,(H2,21,22,24). The molecule has 0 unspecified atom stereocenters. The molecule has 0 aliphatic carbocycles. The summed E-state index contributed by atoms with van der Waals surface area (Å²) in [6.07, 6.45) is 0. The zero-order valence-electron chi connectivity index (χ0n) is 13.6. The van der Waals surface area contributed by atoms with Gasteiger partial charge < -0.3 is 15.5 Å². The number of hydrogen-bond donors (Lipinski definition) is 2. The van der Waals surface area contributed by atoms with Crippen molar-refractivity contribution in [2.45, 2.75) is 6.92 Å². The van der Waals surface area contributed by atoms with Crippen molar-refractivity contribution in [2.24, 2.45) is 0 Å². The van der Waals surface area contributed by atoms with Crippen LogP contribution in [0, 0.1) is 6.92 Å². The number of amides is 2. The molecule has 2 aromatic carbocycles. The number of aryl methyl sites for hydroxylation is 1. The van der Waals surface area contributed by atoms with E-state index in [0.717, 1.165) is 35.7 Å². The smallest absolute Gasteiger partial charge is 0.323 e. The van der Waals surface area contributed by atoms with Crippen LogP contribution in [0.25, 0.3) is 0 Å². The number of nitrogens with one attached hydrogen (secondary N) is 2. The van der Waals surface area contributed by atoms with Crippen LogP contribution < -0.4 is 15.5 Å². The van der Waals surface area contributed by atoms with E-state index in [9.17, 15) is 4.79 Å². The molecule has 128 valence electrons. The molecule has 0 aliphatic rings. The van der Waals surface area contributed by atoms with Gasteiger partial charge in [0.2, 0.25) is 0 Å². The van der Waals surface area contributed by atoms with E-state index in [0.29, 0.717) is 11.8 Å². The van der Waals surface area contributed by atoms with Gasteiger partial charge in [0.1, 0.15) is 0 Å². The molecular formula is C18H21Cl2N3O. The van der Waals surface area contributed by atoms with Crippen LogP contribution in [-0.4, -0.2) is 30.9 Å². The third-order valence-electron chi connectivity index (χ3n) is 3.51. The summed E-state index contributed by atoms with van der Waals surface area (Å²) in [5, 5.41) is 5.61. The van der Waals surface area contributed by atoms with Crippen molar-refractivity contribution in [3.8, 4) is 0 Å². The molecule has 0 atom stereocenters. The van der Waals surface area contributed by atoms with Crippen molar-refractivity contribution in [2.75, 3.05) is 40.4 Å². The Kier molecular flexibility index (Phi) is 7.22. The van der Waals surface area contributed by atoms with Crippen LogP contribution in [0.5, 0.6) is 0 Å². The zero-order valence-corrected chi connectivity index (χ0v) is 15.1. The average molecular weight is 366 g/mol. The predicted octanol–water partition coefficient (Wildman–Crippen LogP) is 4.92. The maximum Gasteiger partial charge on any atom is 0.323 e. The quantitative estimate of drug-likeness (QED) is 0.683. The maximum atomic E-state index is 12.0. The van der Waals surface area contributed by atoms with E-state index in [2.05, 4.69) is 15.5 Å². The lowest BCUT2D eigenvalue weighted by atomic mass is 10.2. The van der Waals surface area contributed by atoms with E-state index in [-0.39, 0.29) is 6.03 Å².